The molecule has 1 atom stereocenters. The Morgan fingerprint density at radius 2 is 1.77 bits per heavy atom. The average molecular weight is 498 g/mol. The molecule has 0 saturated carbocycles. The second kappa shape index (κ2) is 10.3. The lowest BCUT2D eigenvalue weighted by atomic mass is 10.0. The van der Waals surface area contributed by atoms with Crippen molar-refractivity contribution in [2.45, 2.75) is 24.8 Å². The van der Waals surface area contributed by atoms with Gasteiger partial charge in [0.15, 0.2) is 0 Å². The highest BCUT2D eigenvalue weighted by Crippen LogP contribution is 2.27. The predicted octanol–water partition coefficient (Wildman–Crippen LogP) is 3.57. The van der Waals surface area contributed by atoms with Gasteiger partial charge in [0.25, 0.3) is 15.9 Å². The summed E-state index contributed by atoms with van der Waals surface area (Å²) in [4.78, 5) is 14.6. The van der Waals surface area contributed by atoms with Gasteiger partial charge in [0.1, 0.15) is 10.6 Å². The lowest BCUT2D eigenvalue weighted by Gasteiger charge is -2.28. The van der Waals surface area contributed by atoms with Crippen LogP contribution in [-0.2, 0) is 10.0 Å². The summed E-state index contributed by atoms with van der Waals surface area (Å²) in [6, 6.07) is 11.3. The molecule has 2 aromatic rings. The first kappa shape index (κ1) is 24.2. The Labute approximate surface area is 187 Å². The second-order valence-electron chi connectivity index (χ2n) is 7.46. The highest BCUT2D eigenvalue weighted by Gasteiger charge is 2.23. The Kier molecular flexibility index (Phi) is 8.28. The molecule has 0 bridgehead atoms. The highest BCUT2D eigenvalue weighted by atomic mass is 79.9. The summed E-state index contributed by atoms with van der Waals surface area (Å²) in [5.41, 5.74) is 0.647. The van der Waals surface area contributed by atoms with E-state index in [-0.39, 0.29) is 28.2 Å². The number of carbonyl (C=O) groups is 1. The van der Waals surface area contributed by atoms with Crippen LogP contribution in [0.2, 0.25) is 0 Å². The number of carbonyl (C=O) groups excluding carboxylic acids is 1. The highest BCUT2D eigenvalue weighted by molar-refractivity contribution is 9.10. The van der Waals surface area contributed by atoms with Crippen LogP contribution < -0.4 is 14.8 Å². The Morgan fingerprint density at radius 1 is 1.13 bits per heavy atom. The predicted molar refractivity (Wildman–Crippen MR) is 123 cm³/mol. The van der Waals surface area contributed by atoms with Crippen LogP contribution in [0.15, 0.2) is 51.8 Å². The van der Waals surface area contributed by atoms with Crippen molar-refractivity contribution in [2.24, 2.45) is 5.92 Å². The molecule has 30 heavy (non-hydrogen) atoms. The molecule has 0 heterocycles. The van der Waals surface area contributed by atoms with E-state index >= 15 is 0 Å². The van der Waals surface area contributed by atoms with E-state index in [1.807, 2.05) is 14.1 Å². The summed E-state index contributed by atoms with van der Waals surface area (Å²) in [5.74, 6) is 0.164. The van der Waals surface area contributed by atoms with Crippen molar-refractivity contribution < 1.29 is 17.9 Å². The molecule has 164 valence electrons. The molecular formula is C21H28BrN3O4S. The van der Waals surface area contributed by atoms with Gasteiger partial charge in [-0.05, 0) is 62.5 Å². The number of nitrogens with one attached hydrogen (secondary N) is 2. The number of anilines is 1. The zero-order valence-electron chi connectivity index (χ0n) is 17.8. The molecule has 2 aromatic carbocycles. The van der Waals surface area contributed by atoms with Crippen LogP contribution in [0.3, 0.4) is 0 Å². The van der Waals surface area contributed by atoms with Crippen molar-refractivity contribution in [1.82, 2.24) is 10.2 Å². The topological polar surface area (TPSA) is 87.7 Å². The normalized spacial score (nSPS) is 12.7. The minimum Gasteiger partial charge on any atom is -0.495 e. The summed E-state index contributed by atoms with van der Waals surface area (Å²) in [6.45, 7) is 4.63. The number of rotatable bonds is 9. The van der Waals surface area contributed by atoms with Crippen LogP contribution in [0.25, 0.3) is 0 Å². The molecule has 2 N–H and O–H groups in total. The molecule has 0 aliphatic rings. The molecule has 0 aliphatic carbocycles. The van der Waals surface area contributed by atoms with E-state index in [0.29, 0.717) is 18.2 Å². The number of amides is 1. The monoisotopic (exact) mass is 497 g/mol. The number of sulfonamides is 1. The molecule has 1 amide bonds. The van der Waals surface area contributed by atoms with Gasteiger partial charge in [-0.3, -0.25) is 9.52 Å². The molecule has 7 nitrogen and oxygen atoms in total. The first-order chi connectivity index (χ1) is 14.0. The maximum Gasteiger partial charge on any atom is 0.265 e. The fourth-order valence-corrected chi connectivity index (χ4v) is 4.59. The summed E-state index contributed by atoms with van der Waals surface area (Å²) in [5, 5.41) is 2.89. The lowest BCUT2D eigenvalue weighted by Crippen LogP contribution is -2.43. The van der Waals surface area contributed by atoms with E-state index < -0.39 is 10.0 Å². The Bertz CT molecular complexity index is 968. The number of hydrogen-bond donors (Lipinski definition) is 2. The second-order valence-corrected chi connectivity index (χ2v) is 10.0. The van der Waals surface area contributed by atoms with Gasteiger partial charge in [-0.25, -0.2) is 8.42 Å². The molecule has 0 aliphatic heterocycles. The Morgan fingerprint density at radius 3 is 2.30 bits per heavy atom. The smallest absolute Gasteiger partial charge is 0.265 e. The van der Waals surface area contributed by atoms with E-state index in [9.17, 15) is 13.2 Å². The van der Waals surface area contributed by atoms with E-state index in [4.69, 9.17) is 4.74 Å². The Balaban J connectivity index is 2.27. The molecule has 9 heteroatoms. The molecule has 0 spiro atoms. The first-order valence-electron chi connectivity index (χ1n) is 9.46. The average Bonchev–Trinajstić information content (AvgIpc) is 2.68. The standard InChI is InChI=1S/C21H28BrN3O4S/c1-14(2)18(25(3)4)13-23-21(26)15-6-11-19(29-5)20(12-15)30(27,28)24-17-9-7-16(22)8-10-17/h6-12,14,18,24H,13H2,1-5H3,(H,23,26)/t18-/m0/s1. The van der Waals surface area contributed by atoms with Gasteiger partial charge < -0.3 is 15.0 Å². The van der Waals surface area contributed by atoms with Gasteiger partial charge in [0.05, 0.1) is 7.11 Å². The number of hydrogen-bond acceptors (Lipinski definition) is 5. The summed E-state index contributed by atoms with van der Waals surface area (Å²) >= 11 is 3.32. The van der Waals surface area contributed by atoms with Gasteiger partial charge in [-0.2, -0.15) is 0 Å². The zero-order valence-corrected chi connectivity index (χ0v) is 20.2. The van der Waals surface area contributed by atoms with Crippen LogP contribution in [0.4, 0.5) is 5.69 Å². The van der Waals surface area contributed by atoms with Crippen molar-refractivity contribution in [3.05, 3.63) is 52.5 Å². The molecule has 2 rings (SSSR count). The van der Waals surface area contributed by atoms with Crippen LogP contribution >= 0.6 is 15.9 Å². The molecule has 0 aromatic heterocycles. The van der Waals surface area contributed by atoms with E-state index in [1.54, 1.807) is 30.3 Å². The van der Waals surface area contributed by atoms with Gasteiger partial charge in [0, 0.05) is 28.3 Å². The number of benzene rings is 2. The number of likely N-dealkylation sites (N-methyl/N-ethyl adjacent to an activating group) is 1. The molecule has 0 saturated heterocycles. The van der Waals surface area contributed by atoms with Crippen molar-refractivity contribution in [3.63, 3.8) is 0 Å². The summed E-state index contributed by atoms with van der Waals surface area (Å²) < 4.78 is 34.5. The fraction of sp³-hybridized carbons (Fsp3) is 0.381. The van der Waals surface area contributed by atoms with Crippen molar-refractivity contribution in [2.75, 3.05) is 32.5 Å². The third-order valence-corrected chi connectivity index (χ3v) is 6.65. The number of methoxy groups -OCH3 is 1. The van der Waals surface area contributed by atoms with Crippen molar-refractivity contribution in [3.8, 4) is 5.75 Å². The van der Waals surface area contributed by atoms with Gasteiger partial charge in [-0.15, -0.1) is 0 Å². The van der Waals surface area contributed by atoms with Gasteiger partial charge >= 0.3 is 0 Å². The van der Waals surface area contributed by atoms with Crippen LogP contribution in [0.5, 0.6) is 5.75 Å². The van der Waals surface area contributed by atoms with Crippen LogP contribution in [-0.4, -0.2) is 53.0 Å². The Hall–Kier alpha value is -2.10. The molecule has 0 radical (unpaired) electrons. The molecule has 0 fully saturated rings. The third-order valence-electron chi connectivity index (χ3n) is 4.72. The molecule has 0 unspecified atom stereocenters. The SMILES string of the molecule is COc1ccc(C(=O)NC[C@@H](C(C)C)N(C)C)cc1S(=O)(=O)Nc1ccc(Br)cc1. The number of halogens is 1. The van der Waals surface area contributed by atoms with Gasteiger partial charge in [-0.1, -0.05) is 29.8 Å². The summed E-state index contributed by atoms with van der Waals surface area (Å²) in [6.07, 6.45) is 0. The number of ether oxygens (including phenoxy) is 1. The summed E-state index contributed by atoms with van der Waals surface area (Å²) in [7, 11) is 1.35. The van der Waals surface area contributed by atoms with E-state index in [0.717, 1.165) is 4.47 Å². The van der Waals surface area contributed by atoms with Crippen LogP contribution in [0.1, 0.15) is 24.2 Å². The lowest BCUT2D eigenvalue weighted by molar-refractivity contribution is 0.0934. The number of nitrogens with zero attached hydrogens (tertiary/aromatic N) is 1. The molecular weight excluding hydrogens is 470 g/mol. The van der Waals surface area contributed by atoms with Gasteiger partial charge in [0.2, 0.25) is 0 Å². The van der Waals surface area contributed by atoms with E-state index in [2.05, 4.69) is 44.7 Å². The third kappa shape index (κ3) is 6.20. The van der Waals surface area contributed by atoms with Crippen LogP contribution in [0, 0.1) is 5.92 Å². The van der Waals surface area contributed by atoms with E-state index in [1.165, 1.54) is 19.2 Å². The maximum absolute atomic E-state index is 12.9. The van der Waals surface area contributed by atoms with Crippen molar-refractivity contribution >= 4 is 37.5 Å². The largest absolute Gasteiger partial charge is 0.495 e. The maximum atomic E-state index is 12.9. The minimum atomic E-state index is -3.96. The van der Waals surface area contributed by atoms with Crippen molar-refractivity contribution in [1.29, 1.82) is 0 Å². The quantitative estimate of drug-likeness (QED) is 0.552. The minimum absolute atomic E-state index is 0.103. The zero-order chi connectivity index (χ0) is 22.5. The fourth-order valence-electron chi connectivity index (χ4n) is 3.07. The first-order valence-corrected chi connectivity index (χ1v) is 11.7.